The van der Waals surface area contributed by atoms with Gasteiger partial charge in [0.25, 0.3) is 5.91 Å². The van der Waals surface area contributed by atoms with Crippen LogP contribution in [0.2, 0.25) is 0 Å². The summed E-state index contributed by atoms with van der Waals surface area (Å²) in [5.41, 5.74) is 6.91. The van der Waals surface area contributed by atoms with Crippen molar-refractivity contribution in [2.45, 2.75) is 20.8 Å². The molecule has 1 aromatic rings. The lowest BCUT2D eigenvalue weighted by molar-refractivity contribution is -0.138. The number of nitrogens with two attached hydrogens (primary N) is 1. The highest BCUT2D eigenvalue weighted by molar-refractivity contribution is 5.99. The molecule has 0 heterocycles. The number of carbonyl (C=O) groups excluding carboxylic acids is 1. The Morgan fingerprint density at radius 1 is 1.53 bits per heavy atom. The van der Waals surface area contributed by atoms with Crippen LogP contribution in [0.25, 0.3) is 0 Å². The predicted molar refractivity (Wildman–Crippen MR) is 66.3 cm³/mol. The first kappa shape index (κ1) is 13.3. The van der Waals surface area contributed by atoms with Crippen molar-refractivity contribution in [2.75, 3.05) is 11.9 Å². The monoisotopic (exact) mass is 238 g/mol. The molecule has 4 N–H and O–H groups in total. The Morgan fingerprint density at radius 3 is 2.65 bits per heavy atom. The lowest BCUT2D eigenvalue weighted by atomic mass is 10.1. The van der Waals surface area contributed by atoms with E-state index in [1.807, 2.05) is 0 Å². The number of hydrogen-bond acceptors (Lipinski definition) is 4. The van der Waals surface area contributed by atoms with Gasteiger partial charge in [-0.1, -0.05) is 13.8 Å². The van der Waals surface area contributed by atoms with E-state index in [2.05, 4.69) is 24.1 Å². The molecule has 5 nitrogen and oxygen atoms in total. The van der Waals surface area contributed by atoms with Crippen molar-refractivity contribution in [2.24, 2.45) is 11.7 Å². The van der Waals surface area contributed by atoms with Crippen LogP contribution >= 0.6 is 0 Å². The van der Waals surface area contributed by atoms with Crippen LogP contribution in [0.15, 0.2) is 12.1 Å². The van der Waals surface area contributed by atoms with Gasteiger partial charge < -0.3 is 15.9 Å². The Labute approximate surface area is 101 Å². The van der Waals surface area contributed by atoms with Gasteiger partial charge in [-0.15, -0.1) is 0 Å². The highest BCUT2D eigenvalue weighted by Crippen LogP contribution is 2.26. The van der Waals surface area contributed by atoms with Crippen molar-refractivity contribution >= 4 is 11.6 Å². The number of primary amides is 1. The summed E-state index contributed by atoms with van der Waals surface area (Å²) >= 11 is 0. The van der Waals surface area contributed by atoms with Crippen molar-refractivity contribution < 1.29 is 14.9 Å². The van der Waals surface area contributed by atoms with Crippen LogP contribution in [0, 0.1) is 12.8 Å². The summed E-state index contributed by atoms with van der Waals surface area (Å²) in [7, 11) is 0. The fraction of sp³-hybridized carbons (Fsp3) is 0.417. The number of amides is 1. The third kappa shape index (κ3) is 3.35. The molecule has 17 heavy (non-hydrogen) atoms. The molecule has 0 aliphatic heterocycles. The standard InChI is InChI=1S/C12H18N2O3/c1-7(2)6-14-10-5-11(17-16)8(3)4-9(10)12(13)15/h4-5,7,14,16H,6H2,1-3H3,(H2,13,15). The maximum atomic E-state index is 11.3. The van der Waals surface area contributed by atoms with E-state index in [0.717, 1.165) is 0 Å². The molecule has 0 aromatic heterocycles. The zero-order chi connectivity index (χ0) is 13.0. The van der Waals surface area contributed by atoms with Crippen molar-refractivity contribution in [3.8, 4) is 5.75 Å². The molecule has 1 rings (SSSR count). The van der Waals surface area contributed by atoms with Gasteiger partial charge in [-0.25, -0.2) is 5.26 Å². The molecule has 0 unspecified atom stereocenters. The summed E-state index contributed by atoms with van der Waals surface area (Å²) in [6, 6.07) is 3.16. The highest BCUT2D eigenvalue weighted by atomic mass is 17.1. The van der Waals surface area contributed by atoms with E-state index in [1.54, 1.807) is 19.1 Å². The average molecular weight is 238 g/mol. The van der Waals surface area contributed by atoms with E-state index in [1.165, 1.54) is 0 Å². The summed E-state index contributed by atoms with van der Waals surface area (Å²) < 4.78 is 0. The normalized spacial score (nSPS) is 10.4. The molecule has 0 aliphatic carbocycles. The summed E-state index contributed by atoms with van der Waals surface area (Å²) in [4.78, 5) is 15.5. The number of aryl methyl sites for hydroxylation is 1. The fourth-order valence-electron chi connectivity index (χ4n) is 1.45. The van der Waals surface area contributed by atoms with Crippen LogP contribution < -0.4 is 15.9 Å². The minimum absolute atomic E-state index is 0.307. The largest absolute Gasteiger partial charge is 0.384 e. The summed E-state index contributed by atoms with van der Waals surface area (Å²) in [6.45, 7) is 6.53. The first-order chi connectivity index (χ1) is 7.95. The van der Waals surface area contributed by atoms with Gasteiger partial charge in [0.1, 0.15) is 0 Å². The van der Waals surface area contributed by atoms with Gasteiger partial charge in [0.15, 0.2) is 5.75 Å². The number of benzene rings is 1. The third-order valence-electron chi connectivity index (χ3n) is 2.38. The number of carbonyl (C=O) groups is 1. The Balaban J connectivity index is 3.10. The molecule has 0 saturated heterocycles. The van der Waals surface area contributed by atoms with Crippen LogP contribution in [0.4, 0.5) is 5.69 Å². The molecule has 0 spiro atoms. The molecular formula is C12H18N2O3. The summed E-state index contributed by atoms with van der Waals surface area (Å²) in [5.74, 6) is 0.223. The number of hydrogen-bond donors (Lipinski definition) is 3. The molecule has 0 fully saturated rings. The minimum atomic E-state index is -0.510. The van der Waals surface area contributed by atoms with Crippen LogP contribution in [0.1, 0.15) is 29.8 Å². The lowest BCUT2D eigenvalue weighted by Crippen LogP contribution is -2.17. The Hall–Kier alpha value is -1.75. The van der Waals surface area contributed by atoms with Crippen LogP contribution in [-0.4, -0.2) is 17.7 Å². The molecule has 0 atom stereocenters. The van der Waals surface area contributed by atoms with Gasteiger partial charge >= 0.3 is 0 Å². The van der Waals surface area contributed by atoms with Gasteiger partial charge in [0, 0.05) is 12.6 Å². The molecule has 0 radical (unpaired) electrons. The van der Waals surface area contributed by atoms with Crippen molar-refractivity contribution in [3.05, 3.63) is 23.3 Å². The van der Waals surface area contributed by atoms with Gasteiger partial charge in [-0.05, 0) is 24.5 Å². The Morgan fingerprint density at radius 2 is 2.18 bits per heavy atom. The van der Waals surface area contributed by atoms with E-state index in [4.69, 9.17) is 11.0 Å². The molecule has 0 saturated carbocycles. The number of nitrogens with one attached hydrogen (secondary N) is 1. The van der Waals surface area contributed by atoms with E-state index in [0.29, 0.717) is 35.0 Å². The topological polar surface area (TPSA) is 84.6 Å². The zero-order valence-corrected chi connectivity index (χ0v) is 10.3. The SMILES string of the molecule is Cc1cc(C(N)=O)c(NCC(C)C)cc1OO. The second-order valence-electron chi connectivity index (χ2n) is 4.39. The second kappa shape index (κ2) is 5.54. The zero-order valence-electron chi connectivity index (χ0n) is 10.3. The van der Waals surface area contributed by atoms with Crippen LogP contribution in [0.3, 0.4) is 0 Å². The van der Waals surface area contributed by atoms with Crippen molar-refractivity contribution in [1.29, 1.82) is 0 Å². The van der Waals surface area contributed by atoms with Gasteiger partial charge in [-0.3, -0.25) is 4.79 Å². The molecular weight excluding hydrogens is 220 g/mol. The predicted octanol–water partition coefficient (Wildman–Crippen LogP) is 2.01. The maximum absolute atomic E-state index is 11.3. The summed E-state index contributed by atoms with van der Waals surface area (Å²) in [6.07, 6.45) is 0. The Bertz CT molecular complexity index is 416. The van der Waals surface area contributed by atoms with E-state index in [9.17, 15) is 4.79 Å². The van der Waals surface area contributed by atoms with Crippen molar-refractivity contribution in [1.82, 2.24) is 0 Å². The van der Waals surface area contributed by atoms with Gasteiger partial charge in [0.2, 0.25) is 0 Å². The molecule has 0 bridgehead atoms. The minimum Gasteiger partial charge on any atom is -0.384 e. The first-order valence-corrected chi connectivity index (χ1v) is 5.45. The number of rotatable bonds is 5. The Kier molecular flexibility index (Phi) is 4.34. The maximum Gasteiger partial charge on any atom is 0.250 e. The average Bonchev–Trinajstić information content (AvgIpc) is 2.26. The second-order valence-corrected chi connectivity index (χ2v) is 4.39. The number of anilines is 1. The molecule has 1 amide bonds. The highest BCUT2D eigenvalue weighted by Gasteiger charge is 2.13. The van der Waals surface area contributed by atoms with Gasteiger partial charge in [0.05, 0.1) is 11.3 Å². The summed E-state index contributed by atoms with van der Waals surface area (Å²) in [5, 5.41) is 11.8. The van der Waals surface area contributed by atoms with E-state index < -0.39 is 5.91 Å². The van der Waals surface area contributed by atoms with Gasteiger partial charge in [-0.2, -0.15) is 0 Å². The van der Waals surface area contributed by atoms with Crippen molar-refractivity contribution in [3.63, 3.8) is 0 Å². The quantitative estimate of drug-likeness (QED) is 0.541. The van der Waals surface area contributed by atoms with Crippen LogP contribution in [0.5, 0.6) is 5.75 Å². The fourth-order valence-corrected chi connectivity index (χ4v) is 1.45. The van der Waals surface area contributed by atoms with Crippen LogP contribution in [-0.2, 0) is 0 Å². The molecule has 1 aromatic carbocycles. The first-order valence-electron chi connectivity index (χ1n) is 5.45. The molecule has 5 heteroatoms. The third-order valence-corrected chi connectivity index (χ3v) is 2.38. The molecule has 94 valence electrons. The van der Waals surface area contributed by atoms with E-state index in [-0.39, 0.29) is 0 Å². The smallest absolute Gasteiger partial charge is 0.250 e. The van der Waals surface area contributed by atoms with E-state index >= 15 is 0 Å². The lowest BCUT2D eigenvalue weighted by Gasteiger charge is -2.14. The molecule has 0 aliphatic rings.